The molecular formula is C18H25N5O2. The number of nitrogens with zero attached hydrogens (tertiary/aromatic N) is 2. The van der Waals surface area contributed by atoms with Gasteiger partial charge in [0.2, 0.25) is 0 Å². The first kappa shape index (κ1) is 18.5. The summed E-state index contributed by atoms with van der Waals surface area (Å²) in [5.41, 5.74) is 2.42. The first-order chi connectivity index (χ1) is 12.0. The van der Waals surface area contributed by atoms with Crippen LogP contribution in [-0.4, -0.2) is 40.1 Å². The molecule has 1 aromatic carbocycles. The van der Waals surface area contributed by atoms with Crippen molar-refractivity contribution >= 4 is 11.9 Å². The molecule has 2 aromatic rings. The van der Waals surface area contributed by atoms with Gasteiger partial charge in [-0.2, -0.15) is 5.10 Å². The molecule has 1 atom stereocenters. The number of carbonyl (C=O) groups excluding carboxylic acids is 2. The minimum atomic E-state index is -0.173. The van der Waals surface area contributed by atoms with Crippen LogP contribution in [0.3, 0.4) is 0 Å². The van der Waals surface area contributed by atoms with Crippen molar-refractivity contribution in [2.75, 3.05) is 7.05 Å². The van der Waals surface area contributed by atoms with Gasteiger partial charge in [-0.05, 0) is 37.1 Å². The lowest BCUT2D eigenvalue weighted by molar-refractivity contribution is 0.0939. The lowest BCUT2D eigenvalue weighted by atomic mass is 10.1. The molecule has 0 bridgehead atoms. The summed E-state index contributed by atoms with van der Waals surface area (Å²) in [4.78, 5) is 25.7. The molecule has 3 amide bonds. The SMILES string of the molecule is CCC(C)NC(=O)c1ccc(CNC(=O)N(C)Cc2ccn[nH]2)cc1. The summed E-state index contributed by atoms with van der Waals surface area (Å²) in [7, 11) is 1.72. The number of amides is 3. The van der Waals surface area contributed by atoms with Crippen molar-refractivity contribution in [2.45, 2.75) is 39.4 Å². The molecule has 0 aliphatic heterocycles. The zero-order valence-electron chi connectivity index (χ0n) is 14.9. The van der Waals surface area contributed by atoms with Gasteiger partial charge >= 0.3 is 6.03 Å². The highest BCUT2D eigenvalue weighted by Crippen LogP contribution is 2.06. The third kappa shape index (κ3) is 5.63. The molecule has 134 valence electrons. The molecule has 1 heterocycles. The minimum Gasteiger partial charge on any atom is -0.350 e. The third-order valence-electron chi connectivity index (χ3n) is 3.96. The van der Waals surface area contributed by atoms with Gasteiger partial charge in [0.1, 0.15) is 0 Å². The lowest BCUT2D eigenvalue weighted by Crippen LogP contribution is -2.36. The zero-order chi connectivity index (χ0) is 18.2. The Morgan fingerprint density at radius 3 is 2.56 bits per heavy atom. The second-order valence-corrected chi connectivity index (χ2v) is 6.08. The number of nitrogens with one attached hydrogen (secondary N) is 3. The Bertz CT molecular complexity index is 682. The summed E-state index contributed by atoms with van der Waals surface area (Å²) in [6, 6.07) is 9.04. The molecule has 0 fully saturated rings. The molecule has 0 aliphatic rings. The Labute approximate surface area is 147 Å². The van der Waals surface area contributed by atoms with Crippen LogP contribution in [0.1, 0.15) is 41.9 Å². The second-order valence-electron chi connectivity index (χ2n) is 6.08. The quantitative estimate of drug-likeness (QED) is 0.720. The monoisotopic (exact) mass is 343 g/mol. The van der Waals surface area contributed by atoms with Gasteiger partial charge in [-0.3, -0.25) is 9.89 Å². The smallest absolute Gasteiger partial charge is 0.317 e. The highest BCUT2D eigenvalue weighted by atomic mass is 16.2. The van der Waals surface area contributed by atoms with E-state index in [0.717, 1.165) is 17.7 Å². The van der Waals surface area contributed by atoms with Gasteiger partial charge in [0, 0.05) is 31.4 Å². The summed E-state index contributed by atoms with van der Waals surface area (Å²) in [6.07, 6.45) is 2.54. The van der Waals surface area contributed by atoms with Crippen molar-refractivity contribution in [1.29, 1.82) is 0 Å². The van der Waals surface area contributed by atoms with Crippen LogP contribution >= 0.6 is 0 Å². The minimum absolute atomic E-state index is 0.0794. The summed E-state index contributed by atoms with van der Waals surface area (Å²) in [6.45, 7) is 4.86. The molecule has 0 radical (unpaired) electrons. The van der Waals surface area contributed by atoms with Gasteiger partial charge in [-0.1, -0.05) is 19.1 Å². The van der Waals surface area contributed by atoms with Crippen LogP contribution in [0, 0.1) is 0 Å². The average molecular weight is 343 g/mol. The number of aromatic amines is 1. The highest BCUT2D eigenvalue weighted by Gasteiger charge is 2.10. The Morgan fingerprint density at radius 1 is 1.24 bits per heavy atom. The van der Waals surface area contributed by atoms with Crippen LogP contribution < -0.4 is 10.6 Å². The number of urea groups is 1. The van der Waals surface area contributed by atoms with E-state index in [1.54, 1.807) is 30.3 Å². The molecular weight excluding hydrogens is 318 g/mol. The molecule has 0 aliphatic carbocycles. The van der Waals surface area contributed by atoms with Gasteiger partial charge in [-0.25, -0.2) is 4.79 Å². The van der Waals surface area contributed by atoms with Gasteiger partial charge in [0.05, 0.1) is 12.2 Å². The van der Waals surface area contributed by atoms with E-state index in [1.807, 2.05) is 32.0 Å². The van der Waals surface area contributed by atoms with Crippen molar-refractivity contribution < 1.29 is 9.59 Å². The molecule has 7 heteroatoms. The van der Waals surface area contributed by atoms with Crippen molar-refractivity contribution in [2.24, 2.45) is 0 Å². The van der Waals surface area contributed by atoms with Crippen LogP contribution in [0.5, 0.6) is 0 Å². The van der Waals surface area contributed by atoms with E-state index in [2.05, 4.69) is 20.8 Å². The summed E-state index contributed by atoms with van der Waals surface area (Å²) in [5.74, 6) is -0.0794. The van der Waals surface area contributed by atoms with E-state index in [4.69, 9.17) is 0 Å². The van der Waals surface area contributed by atoms with Crippen molar-refractivity contribution in [3.05, 3.63) is 53.3 Å². The van der Waals surface area contributed by atoms with Crippen LogP contribution in [0.4, 0.5) is 4.79 Å². The van der Waals surface area contributed by atoms with Gasteiger partial charge in [0.15, 0.2) is 0 Å². The standard InChI is InChI=1S/C18H25N5O2/c1-4-13(2)21-17(24)15-7-5-14(6-8-15)11-19-18(25)23(3)12-16-9-10-20-22-16/h5-10,13H,4,11-12H2,1-3H3,(H,19,25)(H,20,22)(H,21,24). The summed E-state index contributed by atoms with van der Waals surface area (Å²) >= 11 is 0. The number of hydrogen-bond donors (Lipinski definition) is 3. The van der Waals surface area contributed by atoms with E-state index < -0.39 is 0 Å². The van der Waals surface area contributed by atoms with Gasteiger partial charge in [0.25, 0.3) is 5.91 Å². The van der Waals surface area contributed by atoms with Gasteiger partial charge in [-0.15, -0.1) is 0 Å². The normalized spacial score (nSPS) is 11.6. The zero-order valence-corrected chi connectivity index (χ0v) is 14.9. The molecule has 2 rings (SSSR count). The average Bonchev–Trinajstić information content (AvgIpc) is 3.12. The van der Waals surface area contributed by atoms with Crippen LogP contribution in [0.2, 0.25) is 0 Å². The Balaban J connectivity index is 1.82. The number of carbonyl (C=O) groups is 2. The van der Waals surface area contributed by atoms with Crippen LogP contribution in [0.15, 0.2) is 36.5 Å². The number of rotatable bonds is 7. The highest BCUT2D eigenvalue weighted by molar-refractivity contribution is 5.94. The molecule has 3 N–H and O–H groups in total. The van der Waals surface area contributed by atoms with Crippen molar-refractivity contribution in [3.8, 4) is 0 Å². The predicted octanol–water partition coefficient (Wildman–Crippen LogP) is 2.28. The maximum atomic E-state index is 12.1. The fourth-order valence-electron chi connectivity index (χ4n) is 2.20. The maximum Gasteiger partial charge on any atom is 0.317 e. The van der Waals surface area contributed by atoms with E-state index in [-0.39, 0.29) is 18.0 Å². The Morgan fingerprint density at radius 2 is 1.96 bits per heavy atom. The largest absolute Gasteiger partial charge is 0.350 e. The molecule has 7 nitrogen and oxygen atoms in total. The predicted molar refractivity (Wildman–Crippen MR) is 96.0 cm³/mol. The number of aromatic nitrogens is 2. The first-order valence-corrected chi connectivity index (χ1v) is 8.36. The third-order valence-corrected chi connectivity index (χ3v) is 3.96. The molecule has 0 saturated heterocycles. The molecule has 1 unspecified atom stereocenters. The van der Waals surface area contributed by atoms with E-state index in [1.165, 1.54) is 0 Å². The van der Waals surface area contributed by atoms with Crippen LogP contribution in [0.25, 0.3) is 0 Å². The summed E-state index contributed by atoms with van der Waals surface area (Å²) < 4.78 is 0. The van der Waals surface area contributed by atoms with E-state index in [9.17, 15) is 9.59 Å². The molecule has 0 saturated carbocycles. The fraction of sp³-hybridized carbons (Fsp3) is 0.389. The molecule has 25 heavy (non-hydrogen) atoms. The lowest BCUT2D eigenvalue weighted by Gasteiger charge is -2.17. The van der Waals surface area contributed by atoms with Gasteiger partial charge < -0.3 is 15.5 Å². The second kappa shape index (κ2) is 8.86. The maximum absolute atomic E-state index is 12.1. The number of H-pyrrole nitrogens is 1. The van der Waals surface area contributed by atoms with Crippen molar-refractivity contribution in [3.63, 3.8) is 0 Å². The van der Waals surface area contributed by atoms with E-state index >= 15 is 0 Å². The number of benzene rings is 1. The topological polar surface area (TPSA) is 90.1 Å². The fourth-order valence-corrected chi connectivity index (χ4v) is 2.20. The Hall–Kier alpha value is -2.83. The summed E-state index contributed by atoms with van der Waals surface area (Å²) in [5, 5.41) is 12.5. The number of hydrogen-bond acceptors (Lipinski definition) is 3. The Kier molecular flexibility index (Phi) is 6.56. The van der Waals surface area contributed by atoms with E-state index in [0.29, 0.717) is 18.7 Å². The van der Waals surface area contributed by atoms with Crippen molar-refractivity contribution in [1.82, 2.24) is 25.7 Å². The van der Waals surface area contributed by atoms with Crippen LogP contribution in [-0.2, 0) is 13.1 Å². The molecule has 1 aromatic heterocycles. The molecule has 0 spiro atoms. The first-order valence-electron chi connectivity index (χ1n) is 8.36.